The van der Waals surface area contributed by atoms with Crippen molar-refractivity contribution in [3.63, 3.8) is 0 Å². The molecular weight excluding hydrogens is 354 g/mol. The first kappa shape index (κ1) is 16.6. The smallest absolute Gasteiger partial charge is 0.257 e. The highest BCUT2D eigenvalue weighted by molar-refractivity contribution is 7.99. The number of rotatable bonds is 5. The number of nitrogens with zero attached hydrogens (tertiary/aromatic N) is 2. The second-order valence-electron chi connectivity index (χ2n) is 6.18. The van der Waals surface area contributed by atoms with Crippen LogP contribution in [0.3, 0.4) is 0 Å². The molecule has 1 aliphatic rings. The number of benzene rings is 1. The Kier molecular flexibility index (Phi) is 5.05. The first-order valence-electron chi connectivity index (χ1n) is 8.39. The summed E-state index contributed by atoms with van der Waals surface area (Å²) in [5, 5.41) is 4.90. The van der Waals surface area contributed by atoms with E-state index < -0.39 is 0 Å². The second kappa shape index (κ2) is 7.59. The summed E-state index contributed by atoms with van der Waals surface area (Å²) >= 11 is 3.12. The van der Waals surface area contributed by atoms with Crippen LogP contribution in [0.25, 0.3) is 11.1 Å². The molecular formula is C18H20N3O2S2+. The fourth-order valence-corrected chi connectivity index (χ4v) is 4.47. The minimum Gasteiger partial charge on any atom is -0.431 e. The van der Waals surface area contributed by atoms with Crippen LogP contribution in [0.5, 0.6) is 0 Å². The zero-order chi connectivity index (χ0) is 17.1. The number of para-hydroxylation sites is 2. The van der Waals surface area contributed by atoms with Gasteiger partial charge in [-0.25, -0.2) is 4.98 Å². The van der Waals surface area contributed by atoms with E-state index in [0.717, 1.165) is 43.8 Å². The molecule has 1 saturated heterocycles. The molecule has 130 valence electrons. The Hall–Kier alpha value is -1.83. The number of carbonyl (C=O) groups excluding carboxylic acids is 1. The van der Waals surface area contributed by atoms with Crippen molar-refractivity contribution >= 4 is 40.1 Å². The predicted octanol–water partition coefficient (Wildman–Crippen LogP) is 1.91. The zero-order valence-electron chi connectivity index (χ0n) is 13.8. The highest BCUT2D eigenvalue weighted by atomic mass is 32.2. The fourth-order valence-electron chi connectivity index (χ4n) is 3.06. The summed E-state index contributed by atoms with van der Waals surface area (Å²) in [6.07, 6.45) is 0. The third-order valence-electron chi connectivity index (χ3n) is 4.45. The van der Waals surface area contributed by atoms with Crippen LogP contribution in [-0.4, -0.2) is 47.7 Å². The van der Waals surface area contributed by atoms with Gasteiger partial charge in [-0.3, -0.25) is 4.79 Å². The molecule has 0 atom stereocenters. The number of carbonyl (C=O) groups is 1. The van der Waals surface area contributed by atoms with Crippen LogP contribution < -0.4 is 4.90 Å². The summed E-state index contributed by atoms with van der Waals surface area (Å²) in [4.78, 5) is 20.4. The SMILES string of the molecule is O=C(CSc1nc2ccccc2o1)N1CC[NH+](Cc2ccsc2)CC1. The van der Waals surface area contributed by atoms with Gasteiger partial charge < -0.3 is 14.2 Å². The van der Waals surface area contributed by atoms with Crippen LogP contribution in [0.1, 0.15) is 5.56 Å². The lowest BCUT2D eigenvalue weighted by atomic mass is 10.2. The van der Waals surface area contributed by atoms with Gasteiger partial charge in [-0.1, -0.05) is 23.9 Å². The largest absolute Gasteiger partial charge is 0.431 e. The van der Waals surface area contributed by atoms with Gasteiger partial charge in [-0.2, -0.15) is 11.3 Å². The van der Waals surface area contributed by atoms with E-state index in [-0.39, 0.29) is 5.91 Å². The van der Waals surface area contributed by atoms with Crippen molar-refractivity contribution < 1.29 is 14.1 Å². The second-order valence-corrected chi connectivity index (χ2v) is 7.88. The number of quaternary nitrogens is 1. The molecule has 1 aromatic carbocycles. The Morgan fingerprint density at radius 2 is 2.12 bits per heavy atom. The number of piperazine rings is 1. The number of hydrogen-bond acceptors (Lipinski definition) is 5. The lowest BCUT2D eigenvalue weighted by molar-refractivity contribution is -0.917. The van der Waals surface area contributed by atoms with Gasteiger partial charge in [0, 0.05) is 5.56 Å². The van der Waals surface area contributed by atoms with Crippen LogP contribution in [0.15, 0.2) is 50.7 Å². The number of thiophene rings is 1. The summed E-state index contributed by atoms with van der Waals surface area (Å²) in [7, 11) is 0. The van der Waals surface area contributed by atoms with E-state index in [9.17, 15) is 4.79 Å². The number of nitrogens with one attached hydrogen (secondary N) is 1. The molecule has 0 saturated carbocycles. The quantitative estimate of drug-likeness (QED) is 0.693. The number of amides is 1. The topological polar surface area (TPSA) is 50.8 Å². The molecule has 0 bridgehead atoms. The molecule has 1 aliphatic heterocycles. The molecule has 4 rings (SSSR count). The summed E-state index contributed by atoms with van der Waals surface area (Å²) in [6.45, 7) is 4.73. The summed E-state index contributed by atoms with van der Waals surface area (Å²) < 4.78 is 5.66. The van der Waals surface area contributed by atoms with Crippen molar-refractivity contribution in [2.24, 2.45) is 0 Å². The minimum atomic E-state index is 0.168. The van der Waals surface area contributed by atoms with Crippen LogP contribution in [0.4, 0.5) is 0 Å². The van der Waals surface area contributed by atoms with Crippen LogP contribution >= 0.6 is 23.1 Å². The molecule has 3 aromatic rings. The van der Waals surface area contributed by atoms with E-state index >= 15 is 0 Å². The summed E-state index contributed by atoms with van der Waals surface area (Å²) in [5.74, 6) is 0.550. The Balaban J connectivity index is 1.26. The van der Waals surface area contributed by atoms with Crippen LogP contribution in [0, 0.1) is 0 Å². The molecule has 1 N–H and O–H groups in total. The van der Waals surface area contributed by atoms with E-state index in [0.29, 0.717) is 11.0 Å². The Morgan fingerprint density at radius 1 is 1.28 bits per heavy atom. The number of hydrogen-bond donors (Lipinski definition) is 1. The first-order valence-corrected chi connectivity index (χ1v) is 10.3. The van der Waals surface area contributed by atoms with Crippen molar-refractivity contribution in [3.8, 4) is 0 Å². The van der Waals surface area contributed by atoms with E-state index in [2.05, 4.69) is 21.8 Å². The average molecular weight is 375 g/mol. The molecule has 3 heterocycles. The third kappa shape index (κ3) is 4.05. The average Bonchev–Trinajstić information content (AvgIpc) is 3.29. The third-order valence-corrected chi connectivity index (χ3v) is 6.00. The maximum Gasteiger partial charge on any atom is 0.257 e. The van der Waals surface area contributed by atoms with Crippen molar-refractivity contribution in [1.82, 2.24) is 9.88 Å². The number of oxazole rings is 1. The maximum atomic E-state index is 12.4. The van der Waals surface area contributed by atoms with Gasteiger partial charge >= 0.3 is 0 Å². The molecule has 7 heteroatoms. The molecule has 0 spiro atoms. The van der Waals surface area contributed by atoms with Crippen molar-refractivity contribution in [3.05, 3.63) is 46.7 Å². The van der Waals surface area contributed by atoms with Crippen LogP contribution in [0.2, 0.25) is 0 Å². The predicted molar refractivity (Wildman–Crippen MR) is 100 cm³/mol. The fraction of sp³-hybridized carbons (Fsp3) is 0.333. The minimum absolute atomic E-state index is 0.168. The molecule has 0 radical (unpaired) electrons. The Bertz CT molecular complexity index is 806. The molecule has 1 fully saturated rings. The number of thioether (sulfide) groups is 1. The molecule has 1 amide bonds. The molecule has 0 aliphatic carbocycles. The van der Waals surface area contributed by atoms with Gasteiger partial charge in [0.05, 0.1) is 31.9 Å². The van der Waals surface area contributed by atoms with Gasteiger partial charge in [0.1, 0.15) is 12.1 Å². The monoisotopic (exact) mass is 374 g/mol. The van der Waals surface area contributed by atoms with Gasteiger partial charge in [0.25, 0.3) is 5.22 Å². The van der Waals surface area contributed by atoms with E-state index in [1.165, 1.54) is 17.3 Å². The zero-order valence-corrected chi connectivity index (χ0v) is 15.4. The van der Waals surface area contributed by atoms with Crippen molar-refractivity contribution in [2.45, 2.75) is 11.8 Å². The van der Waals surface area contributed by atoms with Gasteiger partial charge in [0.15, 0.2) is 5.58 Å². The van der Waals surface area contributed by atoms with E-state index in [1.807, 2.05) is 29.2 Å². The summed E-state index contributed by atoms with van der Waals surface area (Å²) in [5.41, 5.74) is 3.00. The van der Waals surface area contributed by atoms with Crippen molar-refractivity contribution in [1.29, 1.82) is 0 Å². The van der Waals surface area contributed by atoms with E-state index in [1.54, 1.807) is 16.2 Å². The Labute approximate surface area is 154 Å². The van der Waals surface area contributed by atoms with Gasteiger partial charge in [0.2, 0.25) is 5.91 Å². The normalized spacial score (nSPS) is 15.8. The van der Waals surface area contributed by atoms with E-state index in [4.69, 9.17) is 4.42 Å². The first-order chi connectivity index (χ1) is 12.3. The molecule has 2 aromatic heterocycles. The van der Waals surface area contributed by atoms with Crippen LogP contribution in [-0.2, 0) is 11.3 Å². The maximum absolute atomic E-state index is 12.4. The highest BCUT2D eigenvalue weighted by Gasteiger charge is 2.24. The lowest BCUT2D eigenvalue weighted by Gasteiger charge is -2.32. The molecule has 25 heavy (non-hydrogen) atoms. The number of aromatic nitrogens is 1. The summed E-state index contributed by atoms with van der Waals surface area (Å²) in [6, 6.07) is 9.85. The lowest BCUT2D eigenvalue weighted by Crippen LogP contribution is -3.13. The van der Waals surface area contributed by atoms with Gasteiger partial charge in [-0.05, 0) is 29.0 Å². The highest BCUT2D eigenvalue weighted by Crippen LogP contribution is 2.23. The standard InChI is InChI=1S/C18H19N3O2S2/c22-17(13-25-18-19-15-3-1-2-4-16(15)23-18)21-8-6-20(7-9-21)11-14-5-10-24-12-14/h1-5,10,12H,6-9,11,13H2/p+1. The number of fused-ring (bicyclic) bond motifs is 1. The molecule has 0 unspecified atom stereocenters. The van der Waals surface area contributed by atoms with Gasteiger partial charge in [-0.15, -0.1) is 0 Å². The Morgan fingerprint density at radius 3 is 2.88 bits per heavy atom. The molecule has 5 nitrogen and oxygen atoms in total. The van der Waals surface area contributed by atoms with Crippen molar-refractivity contribution in [2.75, 3.05) is 31.9 Å².